The maximum atomic E-state index is 3.91. The molecule has 0 aromatic carbocycles. The van der Waals surface area contributed by atoms with Gasteiger partial charge in [0, 0.05) is 19.3 Å². The van der Waals surface area contributed by atoms with Gasteiger partial charge in [-0.2, -0.15) is 0 Å². The first kappa shape index (κ1) is 9.21. The van der Waals surface area contributed by atoms with Crippen LogP contribution in [0.3, 0.4) is 0 Å². The third-order valence-corrected chi connectivity index (χ3v) is 1.64. The maximum Gasteiger partial charge on any atom is 0.0904 e. The van der Waals surface area contributed by atoms with E-state index in [2.05, 4.69) is 30.3 Å². The molecule has 0 aromatic heterocycles. The molecule has 0 N–H and O–H groups in total. The largest absolute Gasteiger partial charge is 0.363 e. The van der Waals surface area contributed by atoms with Crippen LogP contribution < -0.4 is 0 Å². The molecule has 0 rings (SSSR count). The Morgan fingerprint density at radius 2 is 2.30 bits per heavy atom. The van der Waals surface area contributed by atoms with Crippen molar-refractivity contribution < 1.29 is 0 Å². The maximum absolute atomic E-state index is 3.91. The van der Waals surface area contributed by atoms with Crippen LogP contribution in [0.2, 0.25) is 0 Å². The minimum atomic E-state index is 0.559. The molecule has 0 fully saturated rings. The third kappa shape index (κ3) is 3.28. The molecule has 0 bridgehead atoms. The molecule has 0 heterocycles. The zero-order chi connectivity index (χ0) is 7.98. The molecule has 2 nitrogen and oxygen atoms in total. The third-order valence-electron chi connectivity index (χ3n) is 1.64. The highest BCUT2D eigenvalue weighted by Crippen LogP contribution is 1.96. The van der Waals surface area contributed by atoms with Crippen molar-refractivity contribution in [2.45, 2.75) is 26.3 Å². The molecule has 0 saturated heterocycles. The fraction of sp³-hybridized carbons (Fsp3) is 0.625. The Morgan fingerprint density at radius 1 is 1.70 bits per heavy atom. The van der Waals surface area contributed by atoms with Crippen molar-refractivity contribution >= 4 is 6.34 Å². The van der Waals surface area contributed by atoms with Crippen LogP contribution in [0.1, 0.15) is 20.3 Å². The molecular formula is C8H16N2. The topological polar surface area (TPSA) is 15.6 Å². The molecule has 0 aliphatic carbocycles. The summed E-state index contributed by atoms with van der Waals surface area (Å²) in [5, 5.41) is 0. The highest BCUT2D eigenvalue weighted by Gasteiger charge is 1.99. The van der Waals surface area contributed by atoms with Crippen LogP contribution >= 0.6 is 0 Å². The van der Waals surface area contributed by atoms with Gasteiger partial charge in [-0.1, -0.05) is 13.5 Å². The summed E-state index contributed by atoms with van der Waals surface area (Å²) in [5.74, 6) is 0. The van der Waals surface area contributed by atoms with Gasteiger partial charge >= 0.3 is 0 Å². The Labute approximate surface area is 63.3 Å². The Morgan fingerprint density at radius 3 is 2.70 bits per heavy atom. The molecule has 0 aliphatic rings. The predicted octanol–water partition coefficient (Wildman–Crippen LogP) is 1.89. The van der Waals surface area contributed by atoms with Gasteiger partial charge in [-0.05, 0) is 13.3 Å². The first-order chi connectivity index (χ1) is 4.72. The second-order valence-corrected chi connectivity index (χ2v) is 2.37. The summed E-state index contributed by atoms with van der Waals surface area (Å²) in [6.45, 7) is 7.81. The summed E-state index contributed by atoms with van der Waals surface area (Å²) in [6, 6.07) is 0.559. The summed E-state index contributed by atoms with van der Waals surface area (Å²) in [5.41, 5.74) is 0. The summed E-state index contributed by atoms with van der Waals surface area (Å²) in [7, 11) is 2.02. The van der Waals surface area contributed by atoms with E-state index in [1.165, 1.54) is 0 Å². The van der Waals surface area contributed by atoms with E-state index in [-0.39, 0.29) is 0 Å². The molecule has 0 radical (unpaired) electrons. The first-order valence-electron chi connectivity index (χ1n) is 3.58. The van der Waals surface area contributed by atoms with Crippen LogP contribution in [-0.2, 0) is 0 Å². The molecule has 58 valence electrons. The lowest BCUT2D eigenvalue weighted by molar-refractivity contribution is 0.391. The van der Waals surface area contributed by atoms with Crippen molar-refractivity contribution in [1.82, 2.24) is 4.90 Å². The van der Waals surface area contributed by atoms with Crippen molar-refractivity contribution in [1.29, 1.82) is 0 Å². The number of hydrogen-bond donors (Lipinski definition) is 0. The number of hydrogen-bond acceptors (Lipinski definition) is 1. The molecule has 0 aromatic rings. The molecule has 2 heteroatoms. The standard InChI is InChI=1S/C8H16N2/c1-5-8(3)10(4)7-9-6-2/h6-8H,2,5H2,1,3-4H3. The monoisotopic (exact) mass is 140 g/mol. The van der Waals surface area contributed by atoms with E-state index in [9.17, 15) is 0 Å². The average molecular weight is 140 g/mol. The van der Waals surface area contributed by atoms with E-state index < -0.39 is 0 Å². The SMILES string of the molecule is C=CN=CN(C)C(C)CC. The summed E-state index contributed by atoms with van der Waals surface area (Å²) in [4.78, 5) is 5.98. The molecular weight excluding hydrogens is 124 g/mol. The van der Waals surface area contributed by atoms with Gasteiger partial charge in [0.05, 0.1) is 6.34 Å². The van der Waals surface area contributed by atoms with E-state index in [0.29, 0.717) is 6.04 Å². The number of nitrogens with zero attached hydrogens (tertiary/aromatic N) is 2. The van der Waals surface area contributed by atoms with Crippen molar-refractivity contribution in [2.24, 2.45) is 4.99 Å². The van der Waals surface area contributed by atoms with Gasteiger partial charge in [-0.25, -0.2) is 4.99 Å². The highest BCUT2D eigenvalue weighted by molar-refractivity contribution is 5.55. The van der Waals surface area contributed by atoms with E-state index in [1.54, 1.807) is 12.5 Å². The first-order valence-corrected chi connectivity index (χ1v) is 3.58. The molecule has 1 unspecified atom stereocenters. The Hall–Kier alpha value is -0.790. The van der Waals surface area contributed by atoms with E-state index in [0.717, 1.165) is 6.42 Å². The van der Waals surface area contributed by atoms with Gasteiger partial charge in [-0.15, -0.1) is 0 Å². The highest BCUT2D eigenvalue weighted by atomic mass is 15.1. The summed E-state index contributed by atoms with van der Waals surface area (Å²) in [6.07, 6.45) is 4.47. The van der Waals surface area contributed by atoms with Crippen LogP contribution in [0.4, 0.5) is 0 Å². The smallest absolute Gasteiger partial charge is 0.0904 e. The van der Waals surface area contributed by atoms with Crippen LogP contribution in [0.5, 0.6) is 0 Å². The Kier molecular flexibility index (Phi) is 4.63. The predicted molar refractivity (Wildman–Crippen MR) is 46.2 cm³/mol. The Bertz CT molecular complexity index is 118. The fourth-order valence-electron chi connectivity index (χ4n) is 0.554. The van der Waals surface area contributed by atoms with Crippen LogP contribution in [0.15, 0.2) is 17.8 Å². The van der Waals surface area contributed by atoms with Gasteiger partial charge in [-0.3, -0.25) is 0 Å². The lowest BCUT2D eigenvalue weighted by Crippen LogP contribution is -2.26. The van der Waals surface area contributed by atoms with Gasteiger partial charge in [0.25, 0.3) is 0 Å². The minimum Gasteiger partial charge on any atom is -0.363 e. The second-order valence-electron chi connectivity index (χ2n) is 2.37. The molecule has 0 saturated carbocycles. The van der Waals surface area contributed by atoms with Gasteiger partial charge in [0.2, 0.25) is 0 Å². The van der Waals surface area contributed by atoms with Gasteiger partial charge in [0.1, 0.15) is 0 Å². The lowest BCUT2D eigenvalue weighted by Gasteiger charge is -2.19. The van der Waals surface area contributed by atoms with E-state index in [4.69, 9.17) is 0 Å². The van der Waals surface area contributed by atoms with Crippen LogP contribution in [0.25, 0.3) is 0 Å². The van der Waals surface area contributed by atoms with Crippen LogP contribution in [-0.4, -0.2) is 24.3 Å². The molecule has 0 aliphatic heterocycles. The van der Waals surface area contributed by atoms with Crippen molar-refractivity contribution in [3.05, 3.63) is 12.8 Å². The molecule has 0 spiro atoms. The van der Waals surface area contributed by atoms with Crippen molar-refractivity contribution in [2.75, 3.05) is 7.05 Å². The second kappa shape index (κ2) is 5.03. The van der Waals surface area contributed by atoms with E-state index >= 15 is 0 Å². The molecule has 0 amide bonds. The van der Waals surface area contributed by atoms with E-state index in [1.807, 2.05) is 7.05 Å². The van der Waals surface area contributed by atoms with Gasteiger partial charge < -0.3 is 4.90 Å². The van der Waals surface area contributed by atoms with Crippen molar-refractivity contribution in [3.63, 3.8) is 0 Å². The number of aliphatic imine (C=N–C) groups is 1. The summed E-state index contributed by atoms with van der Waals surface area (Å²) >= 11 is 0. The minimum absolute atomic E-state index is 0.559. The fourth-order valence-corrected chi connectivity index (χ4v) is 0.554. The average Bonchev–Trinajstić information content (AvgIpc) is 1.98. The zero-order valence-corrected chi connectivity index (χ0v) is 7.04. The number of rotatable bonds is 4. The summed E-state index contributed by atoms with van der Waals surface area (Å²) < 4.78 is 0. The Balaban J connectivity index is 3.70. The van der Waals surface area contributed by atoms with Crippen LogP contribution in [0, 0.1) is 0 Å². The quantitative estimate of drug-likeness (QED) is 0.430. The normalized spacial score (nSPS) is 13.5. The zero-order valence-electron chi connectivity index (χ0n) is 7.04. The van der Waals surface area contributed by atoms with Gasteiger partial charge in [0.15, 0.2) is 0 Å². The lowest BCUT2D eigenvalue weighted by atomic mass is 10.2. The molecule has 1 atom stereocenters. The molecule has 10 heavy (non-hydrogen) atoms. The van der Waals surface area contributed by atoms with Crippen molar-refractivity contribution in [3.8, 4) is 0 Å².